The molecule has 1 N–H and O–H groups in total. The number of benzene rings is 1. The first-order valence-electron chi connectivity index (χ1n) is 9.91. The Morgan fingerprint density at radius 3 is 2.96 bits per heavy atom. The van der Waals surface area contributed by atoms with Crippen LogP contribution < -0.4 is 10.1 Å². The second-order valence-electron chi connectivity index (χ2n) is 7.27. The summed E-state index contributed by atoms with van der Waals surface area (Å²) in [5.74, 6) is 0.874. The Labute approximate surface area is 166 Å². The van der Waals surface area contributed by atoms with Gasteiger partial charge in [-0.1, -0.05) is 13.0 Å². The van der Waals surface area contributed by atoms with Crippen molar-refractivity contribution in [3.8, 4) is 5.75 Å². The van der Waals surface area contributed by atoms with Gasteiger partial charge in [0.05, 0.1) is 38.6 Å². The van der Waals surface area contributed by atoms with Crippen molar-refractivity contribution in [2.75, 3.05) is 26.3 Å². The molecule has 3 rings (SSSR count). The molecule has 28 heavy (non-hydrogen) atoms. The van der Waals surface area contributed by atoms with Crippen molar-refractivity contribution in [2.45, 2.75) is 46.4 Å². The van der Waals surface area contributed by atoms with Crippen LogP contribution in [0.15, 0.2) is 30.6 Å². The highest BCUT2D eigenvalue weighted by molar-refractivity contribution is 5.74. The summed E-state index contributed by atoms with van der Waals surface area (Å²) in [4.78, 5) is 14.4. The lowest BCUT2D eigenvalue weighted by molar-refractivity contribution is -0.0237. The summed E-state index contributed by atoms with van der Waals surface area (Å²) in [6.07, 6.45) is 4.75. The van der Waals surface area contributed by atoms with Gasteiger partial charge in [-0.15, -0.1) is 0 Å². The van der Waals surface area contributed by atoms with Gasteiger partial charge >= 0.3 is 6.03 Å². The van der Waals surface area contributed by atoms with Gasteiger partial charge in [-0.25, -0.2) is 4.79 Å². The summed E-state index contributed by atoms with van der Waals surface area (Å²) in [5.41, 5.74) is 3.32. The number of amides is 2. The molecule has 7 nitrogen and oxygen atoms in total. The number of aromatic nitrogens is 2. The molecule has 152 valence electrons. The van der Waals surface area contributed by atoms with Crippen LogP contribution in [0.1, 0.15) is 30.0 Å². The van der Waals surface area contributed by atoms with Gasteiger partial charge in [0.25, 0.3) is 0 Å². The SMILES string of the molecule is CCCOc1ccc(CNC(=O)N2CCO[C@@H](Cn3cc(C)cn3)C2)c(C)c1. The molecule has 2 aromatic rings. The molecule has 0 spiro atoms. The van der Waals surface area contributed by atoms with Gasteiger partial charge in [-0.3, -0.25) is 4.68 Å². The maximum Gasteiger partial charge on any atom is 0.317 e. The molecule has 1 fully saturated rings. The molecule has 2 heterocycles. The highest BCUT2D eigenvalue weighted by Crippen LogP contribution is 2.18. The maximum atomic E-state index is 12.6. The number of morpholine rings is 1. The van der Waals surface area contributed by atoms with E-state index in [1.54, 1.807) is 0 Å². The molecule has 0 saturated carbocycles. The maximum absolute atomic E-state index is 12.6. The number of nitrogens with zero attached hydrogens (tertiary/aromatic N) is 3. The van der Waals surface area contributed by atoms with Crippen LogP contribution in [0.25, 0.3) is 0 Å². The van der Waals surface area contributed by atoms with Crippen LogP contribution in [0.5, 0.6) is 5.75 Å². The zero-order valence-corrected chi connectivity index (χ0v) is 17.0. The molecule has 1 aromatic carbocycles. The Kier molecular flexibility index (Phi) is 6.92. The first-order valence-corrected chi connectivity index (χ1v) is 9.91. The number of ether oxygens (including phenoxy) is 2. The van der Waals surface area contributed by atoms with Crippen molar-refractivity contribution in [1.82, 2.24) is 20.0 Å². The van der Waals surface area contributed by atoms with Gasteiger partial charge in [0.15, 0.2) is 0 Å². The normalized spacial score (nSPS) is 16.8. The van der Waals surface area contributed by atoms with E-state index in [0.717, 1.165) is 28.9 Å². The minimum Gasteiger partial charge on any atom is -0.494 e. The molecule has 1 aliphatic heterocycles. The molecule has 0 radical (unpaired) electrons. The largest absolute Gasteiger partial charge is 0.494 e. The van der Waals surface area contributed by atoms with Crippen LogP contribution in [0.2, 0.25) is 0 Å². The third-order valence-corrected chi connectivity index (χ3v) is 4.80. The molecule has 1 aromatic heterocycles. The molecule has 7 heteroatoms. The van der Waals surface area contributed by atoms with E-state index in [9.17, 15) is 4.79 Å². The van der Waals surface area contributed by atoms with Crippen LogP contribution in [0, 0.1) is 13.8 Å². The van der Waals surface area contributed by atoms with Gasteiger partial charge in [0.2, 0.25) is 0 Å². The highest BCUT2D eigenvalue weighted by Gasteiger charge is 2.24. The number of carbonyl (C=O) groups excluding carboxylic acids is 1. The monoisotopic (exact) mass is 386 g/mol. The topological polar surface area (TPSA) is 68.6 Å². The summed E-state index contributed by atoms with van der Waals surface area (Å²) in [5, 5.41) is 7.33. The second-order valence-corrected chi connectivity index (χ2v) is 7.27. The van der Waals surface area contributed by atoms with E-state index in [2.05, 4.69) is 17.3 Å². The van der Waals surface area contributed by atoms with Gasteiger partial charge < -0.3 is 19.7 Å². The van der Waals surface area contributed by atoms with Gasteiger partial charge in [-0.2, -0.15) is 5.10 Å². The first kappa shape index (κ1) is 20.2. The lowest BCUT2D eigenvalue weighted by Crippen LogP contribution is -2.50. The molecule has 1 atom stereocenters. The lowest BCUT2D eigenvalue weighted by atomic mass is 10.1. The lowest BCUT2D eigenvalue weighted by Gasteiger charge is -2.33. The fourth-order valence-corrected chi connectivity index (χ4v) is 3.25. The summed E-state index contributed by atoms with van der Waals surface area (Å²) in [6.45, 7) is 9.70. The van der Waals surface area contributed by atoms with Gasteiger partial charge in [-0.05, 0) is 49.1 Å². The van der Waals surface area contributed by atoms with Crippen molar-refractivity contribution in [3.05, 3.63) is 47.3 Å². The van der Waals surface area contributed by atoms with Crippen LogP contribution in [0.4, 0.5) is 4.79 Å². The Bertz CT molecular complexity index is 790. The number of urea groups is 1. The number of carbonyl (C=O) groups is 1. The Morgan fingerprint density at radius 1 is 1.39 bits per heavy atom. The fraction of sp³-hybridized carbons (Fsp3) is 0.524. The number of aryl methyl sites for hydroxylation is 2. The van der Waals surface area contributed by atoms with Gasteiger partial charge in [0.1, 0.15) is 5.75 Å². The zero-order valence-electron chi connectivity index (χ0n) is 17.0. The minimum absolute atomic E-state index is 0.0458. The third kappa shape index (κ3) is 5.48. The molecule has 1 saturated heterocycles. The van der Waals surface area contributed by atoms with E-state index in [1.807, 2.05) is 54.0 Å². The van der Waals surface area contributed by atoms with Crippen LogP contribution in [0.3, 0.4) is 0 Å². The van der Waals surface area contributed by atoms with E-state index in [0.29, 0.717) is 39.4 Å². The Balaban J connectivity index is 1.50. The third-order valence-electron chi connectivity index (χ3n) is 4.80. The number of nitrogens with one attached hydrogen (secondary N) is 1. The molecule has 0 bridgehead atoms. The quantitative estimate of drug-likeness (QED) is 0.794. The molecular weight excluding hydrogens is 356 g/mol. The standard InChI is InChI=1S/C21H30N4O3/c1-4-8-27-19-6-5-18(17(3)10-19)12-22-21(26)24-7-9-28-20(14-24)15-25-13-16(2)11-23-25/h5-6,10-11,13,20H,4,7-9,12,14-15H2,1-3H3,(H,22,26)/t20-/m1/s1. The smallest absolute Gasteiger partial charge is 0.317 e. The van der Waals surface area contributed by atoms with Crippen molar-refractivity contribution in [1.29, 1.82) is 0 Å². The molecule has 2 amide bonds. The van der Waals surface area contributed by atoms with Crippen molar-refractivity contribution < 1.29 is 14.3 Å². The first-order chi connectivity index (χ1) is 13.5. The summed E-state index contributed by atoms with van der Waals surface area (Å²) < 4.78 is 13.3. The Morgan fingerprint density at radius 2 is 2.25 bits per heavy atom. The van der Waals surface area contributed by atoms with Gasteiger partial charge in [0, 0.05) is 19.3 Å². The fourth-order valence-electron chi connectivity index (χ4n) is 3.25. The minimum atomic E-state index is -0.0596. The summed E-state index contributed by atoms with van der Waals surface area (Å²) >= 11 is 0. The summed E-state index contributed by atoms with van der Waals surface area (Å²) in [6, 6.07) is 5.94. The van der Waals surface area contributed by atoms with Crippen LogP contribution >= 0.6 is 0 Å². The van der Waals surface area contributed by atoms with Crippen LogP contribution in [-0.2, 0) is 17.8 Å². The second kappa shape index (κ2) is 9.59. The average Bonchev–Trinajstić information content (AvgIpc) is 3.10. The molecular formula is C21H30N4O3. The molecule has 0 unspecified atom stereocenters. The number of hydrogen-bond acceptors (Lipinski definition) is 4. The predicted molar refractivity (Wildman–Crippen MR) is 107 cm³/mol. The van der Waals surface area contributed by atoms with Crippen molar-refractivity contribution in [3.63, 3.8) is 0 Å². The van der Waals surface area contributed by atoms with E-state index >= 15 is 0 Å². The van der Waals surface area contributed by atoms with E-state index in [1.165, 1.54) is 0 Å². The van der Waals surface area contributed by atoms with E-state index in [-0.39, 0.29) is 12.1 Å². The van der Waals surface area contributed by atoms with Crippen LogP contribution in [-0.4, -0.2) is 53.1 Å². The van der Waals surface area contributed by atoms with E-state index in [4.69, 9.17) is 9.47 Å². The van der Waals surface area contributed by atoms with E-state index < -0.39 is 0 Å². The van der Waals surface area contributed by atoms with Crippen molar-refractivity contribution >= 4 is 6.03 Å². The Hall–Kier alpha value is -2.54. The predicted octanol–water partition coefficient (Wildman–Crippen LogP) is 2.90. The molecule has 0 aliphatic carbocycles. The summed E-state index contributed by atoms with van der Waals surface area (Å²) in [7, 11) is 0. The molecule has 1 aliphatic rings. The van der Waals surface area contributed by atoms with Crippen molar-refractivity contribution in [2.24, 2.45) is 0 Å². The number of rotatable bonds is 7. The highest BCUT2D eigenvalue weighted by atomic mass is 16.5. The number of hydrogen-bond donors (Lipinski definition) is 1. The average molecular weight is 386 g/mol. The zero-order chi connectivity index (χ0) is 19.9.